The molecule has 0 atom stereocenters. The maximum absolute atomic E-state index is 10.4. The van der Waals surface area contributed by atoms with Crippen molar-refractivity contribution in [1.82, 2.24) is 0 Å². The van der Waals surface area contributed by atoms with E-state index in [0.717, 1.165) is 38.5 Å². The number of carbonyl (C=O) groups is 4. The molecular formula is C22H44N4O4. The van der Waals surface area contributed by atoms with E-state index in [1.807, 2.05) is 0 Å². The average Bonchev–Trinajstić information content (AvgIpc) is 2.69. The highest BCUT2D eigenvalue weighted by atomic mass is 16.2. The molecule has 0 aliphatic heterocycles. The van der Waals surface area contributed by atoms with Gasteiger partial charge in [0.15, 0.2) is 0 Å². The molecule has 1 fully saturated rings. The topological polar surface area (TPSA) is 172 Å². The molecule has 1 saturated carbocycles. The van der Waals surface area contributed by atoms with Crippen LogP contribution >= 0.6 is 0 Å². The van der Waals surface area contributed by atoms with Gasteiger partial charge in [-0.15, -0.1) is 0 Å². The van der Waals surface area contributed by atoms with Crippen LogP contribution in [0.5, 0.6) is 0 Å². The molecule has 8 N–H and O–H groups in total. The first-order valence-corrected chi connectivity index (χ1v) is 11.4. The van der Waals surface area contributed by atoms with Gasteiger partial charge in [0, 0.05) is 25.7 Å². The Hall–Kier alpha value is -2.12. The van der Waals surface area contributed by atoms with E-state index in [2.05, 4.69) is 0 Å². The van der Waals surface area contributed by atoms with E-state index in [4.69, 9.17) is 22.9 Å². The minimum Gasteiger partial charge on any atom is -0.370 e. The number of amides is 4. The molecule has 0 unspecified atom stereocenters. The van der Waals surface area contributed by atoms with Crippen molar-refractivity contribution in [2.24, 2.45) is 22.9 Å². The lowest BCUT2D eigenvalue weighted by atomic mass is 10.0. The van der Waals surface area contributed by atoms with Gasteiger partial charge < -0.3 is 22.9 Å². The summed E-state index contributed by atoms with van der Waals surface area (Å²) in [5.41, 5.74) is 19.7. The van der Waals surface area contributed by atoms with E-state index in [9.17, 15) is 19.2 Å². The van der Waals surface area contributed by atoms with Crippen LogP contribution in [0.2, 0.25) is 0 Å². The molecule has 0 aromatic carbocycles. The van der Waals surface area contributed by atoms with Gasteiger partial charge in [-0.3, -0.25) is 19.2 Å². The van der Waals surface area contributed by atoms with E-state index in [1.54, 1.807) is 0 Å². The summed E-state index contributed by atoms with van der Waals surface area (Å²) in [6, 6.07) is 0. The van der Waals surface area contributed by atoms with Crippen LogP contribution in [-0.4, -0.2) is 23.6 Å². The van der Waals surface area contributed by atoms with Crippen LogP contribution in [0.25, 0.3) is 0 Å². The summed E-state index contributed by atoms with van der Waals surface area (Å²) in [7, 11) is 0. The van der Waals surface area contributed by atoms with Crippen molar-refractivity contribution in [1.29, 1.82) is 0 Å². The Morgan fingerprint density at radius 1 is 0.367 bits per heavy atom. The summed E-state index contributed by atoms with van der Waals surface area (Å²) >= 11 is 0. The molecule has 30 heavy (non-hydrogen) atoms. The maximum Gasteiger partial charge on any atom is 0.217 e. The predicted octanol–water partition coefficient (Wildman–Crippen LogP) is 2.94. The number of primary amides is 4. The standard InChI is InChI=1S/C10H20N2O2.C6H12N2O2.C6H12/c11-9(13)7-5-3-1-2-4-6-8-10(12)14;7-5(9)3-1-2-4-6(8)10;1-2-4-6-5-3-1/h1-8H2,(H2,11,13)(H2,12,14);1-4H2,(H2,7,9)(H2,8,10);1-6H2. The SMILES string of the molecule is C1CCCCC1.NC(=O)CCCCC(N)=O.NC(=O)CCCCCCCCC(N)=O. The summed E-state index contributed by atoms with van der Waals surface area (Å²) < 4.78 is 0. The van der Waals surface area contributed by atoms with Crippen molar-refractivity contribution in [3.05, 3.63) is 0 Å². The first-order valence-electron chi connectivity index (χ1n) is 11.4. The second-order valence-electron chi connectivity index (χ2n) is 7.81. The van der Waals surface area contributed by atoms with Gasteiger partial charge in [-0.1, -0.05) is 64.2 Å². The van der Waals surface area contributed by atoms with E-state index in [1.165, 1.54) is 38.5 Å². The Balaban J connectivity index is 0. The summed E-state index contributed by atoms with van der Waals surface area (Å²) in [6.07, 6.45) is 18.0. The highest BCUT2D eigenvalue weighted by Crippen LogP contribution is 2.15. The summed E-state index contributed by atoms with van der Waals surface area (Å²) in [5.74, 6) is -1.11. The Morgan fingerprint density at radius 3 is 0.733 bits per heavy atom. The zero-order valence-electron chi connectivity index (χ0n) is 18.7. The number of carbonyl (C=O) groups excluding carboxylic acids is 4. The maximum atomic E-state index is 10.4. The average molecular weight is 429 g/mol. The number of rotatable bonds is 14. The number of nitrogens with two attached hydrogens (primary N) is 4. The Labute approximate surface area is 181 Å². The van der Waals surface area contributed by atoms with Crippen LogP contribution in [0.3, 0.4) is 0 Å². The minimum absolute atomic E-state index is 0.223. The fraction of sp³-hybridized carbons (Fsp3) is 0.818. The first kappa shape index (κ1) is 30.1. The Morgan fingerprint density at radius 2 is 0.533 bits per heavy atom. The van der Waals surface area contributed by atoms with Gasteiger partial charge in [-0.25, -0.2) is 0 Å². The first-order chi connectivity index (χ1) is 14.3. The van der Waals surface area contributed by atoms with Crippen LogP contribution in [0.4, 0.5) is 0 Å². The van der Waals surface area contributed by atoms with Gasteiger partial charge in [0.05, 0.1) is 0 Å². The lowest BCUT2D eigenvalue weighted by molar-refractivity contribution is -0.119. The van der Waals surface area contributed by atoms with E-state index in [0.29, 0.717) is 38.5 Å². The molecule has 0 aromatic rings. The highest BCUT2D eigenvalue weighted by molar-refractivity contribution is 5.75. The van der Waals surface area contributed by atoms with Crippen LogP contribution in [0, 0.1) is 0 Å². The van der Waals surface area contributed by atoms with E-state index >= 15 is 0 Å². The molecule has 4 amide bonds. The molecule has 176 valence electrons. The molecule has 0 saturated heterocycles. The third-order valence-corrected chi connectivity index (χ3v) is 4.69. The number of hydrogen-bond donors (Lipinski definition) is 4. The van der Waals surface area contributed by atoms with Crippen LogP contribution < -0.4 is 22.9 Å². The lowest BCUT2D eigenvalue weighted by Crippen LogP contribution is -2.12. The Bertz CT molecular complexity index is 419. The summed E-state index contributed by atoms with van der Waals surface area (Å²) in [6.45, 7) is 0. The van der Waals surface area contributed by atoms with Gasteiger partial charge in [0.2, 0.25) is 23.6 Å². The normalized spacial score (nSPS) is 12.5. The van der Waals surface area contributed by atoms with E-state index in [-0.39, 0.29) is 23.6 Å². The zero-order valence-corrected chi connectivity index (χ0v) is 18.7. The van der Waals surface area contributed by atoms with Crippen molar-refractivity contribution in [3.8, 4) is 0 Å². The highest BCUT2D eigenvalue weighted by Gasteiger charge is 1.97. The molecular weight excluding hydrogens is 384 g/mol. The van der Waals surface area contributed by atoms with Crippen molar-refractivity contribution >= 4 is 23.6 Å². The minimum atomic E-state index is -0.329. The second kappa shape index (κ2) is 23.2. The van der Waals surface area contributed by atoms with Gasteiger partial charge in [-0.05, 0) is 25.7 Å². The number of unbranched alkanes of at least 4 members (excludes halogenated alkanes) is 6. The second-order valence-corrected chi connectivity index (χ2v) is 7.81. The van der Waals surface area contributed by atoms with Gasteiger partial charge >= 0.3 is 0 Å². The van der Waals surface area contributed by atoms with Gasteiger partial charge in [0.1, 0.15) is 0 Å². The fourth-order valence-electron chi connectivity index (χ4n) is 2.96. The van der Waals surface area contributed by atoms with Gasteiger partial charge in [-0.2, -0.15) is 0 Å². The van der Waals surface area contributed by atoms with Crippen molar-refractivity contribution < 1.29 is 19.2 Å². The van der Waals surface area contributed by atoms with Crippen LogP contribution in [-0.2, 0) is 19.2 Å². The quantitative estimate of drug-likeness (QED) is 0.312. The molecule has 0 radical (unpaired) electrons. The lowest BCUT2D eigenvalue weighted by Gasteiger charge is -2.05. The third kappa shape index (κ3) is 33.5. The molecule has 8 nitrogen and oxygen atoms in total. The summed E-state index contributed by atoms with van der Waals surface area (Å²) in [5, 5.41) is 0. The molecule has 0 spiro atoms. The number of hydrogen-bond acceptors (Lipinski definition) is 4. The monoisotopic (exact) mass is 428 g/mol. The summed E-state index contributed by atoms with van der Waals surface area (Å²) in [4.78, 5) is 41.1. The molecule has 0 heterocycles. The molecule has 0 aromatic heterocycles. The third-order valence-electron chi connectivity index (χ3n) is 4.69. The van der Waals surface area contributed by atoms with Crippen molar-refractivity contribution in [2.45, 2.75) is 116 Å². The molecule has 0 bridgehead atoms. The van der Waals surface area contributed by atoms with Crippen molar-refractivity contribution in [2.75, 3.05) is 0 Å². The molecule has 8 heteroatoms. The predicted molar refractivity (Wildman–Crippen MR) is 120 cm³/mol. The van der Waals surface area contributed by atoms with E-state index < -0.39 is 0 Å². The zero-order chi connectivity index (χ0) is 23.0. The molecule has 1 rings (SSSR count). The molecule has 1 aliphatic rings. The molecule has 1 aliphatic carbocycles. The van der Waals surface area contributed by atoms with Crippen LogP contribution in [0.15, 0.2) is 0 Å². The smallest absolute Gasteiger partial charge is 0.217 e. The van der Waals surface area contributed by atoms with Crippen LogP contribution in [0.1, 0.15) is 116 Å². The van der Waals surface area contributed by atoms with Gasteiger partial charge in [0.25, 0.3) is 0 Å². The largest absolute Gasteiger partial charge is 0.370 e. The fourth-order valence-corrected chi connectivity index (χ4v) is 2.96. The van der Waals surface area contributed by atoms with Crippen molar-refractivity contribution in [3.63, 3.8) is 0 Å². The Kier molecular flexibility index (Phi) is 23.2.